The predicted molar refractivity (Wildman–Crippen MR) is 131 cm³/mol. The largest absolute Gasteiger partial charge is 0.412 e. The number of carbonyl (C=O) groups excluding carboxylic acids is 1. The van der Waals surface area contributed by atoms with Gasteiger partial charge in [-0.3, -0.25) is 4.79 Å². The zero-order valence-electron chi connectivity index (χ0n) is 19.1. The number of fused-ring (bicyclic) bond motifs is 3. The van der Waals surface area contributed by atoms with Crippen LogP contribution in [0.3, 0.4) is 0 Å². The first kappa shape index (κ1) is 22.0. The molecule has 0 N–H and O–H groups in total. The fourth-order valence-electron chi connectivity index (χ4n) is 4.96. The second kappa shape index (κ2) is 7.75. The van der Waals surface area contributed by atoms with Crippen molar-refractivity contribution in [2.24, 2.45) is 0 Å². The minimum absolute atomic E-state index is 0.0686. The maximum atomic E-state index is 13.7. The van der Waals surface area contributed by atoms with Gasteiger partial charge in [0.15, 0.2) is 8.32 Å². The van der Waals surface area contributed by atoms with Crippen LogP contribution in [0.25, 0.3) is 10.8 Å². The summed E-state index contributed by atoms with van der Waals surface area (Å²) >= 11 is 3.70. The number of carbonyl (C=O) groups is 1. The first-order valence-electron chi connectivity index (χ1n) is 11.2. The molecule has 1 amide bonds. The number of rotatable bonds is 3. The number of hydrogen-bond acceptors (Lipinski definition) is 2. The molecule has 1 heterocycles. The van der Waals surface area contributed by atoms with Gasteiger partial charge in [-0.25, -0.2) is 0 Å². The first-order valence-corrected chi connectivity index (χ1v) is 14.9. The Kier molecular flexibility index (Phi) is 5.69. The SMILES string of the molecule is CC1c2c(cc(Br)c3ccccc23)C(=O)N1[C@H]1CCCC[C@@H]1O[Si](C)(C)C(C)(C)C. The lowest BCUT2D eigenvalue weighted by Gasteiger charge is -2.46. The predicted octanol–water partition coefficient (Wildman–Crippen LogP) is 7.45. The number of nitrogens with zero attached hydrogens (tertiary/aromatic N) is 1. The van der Waals surface area contributed by atoms with Crippen LogP contribution in [0.15, 0.2) is 34.8 Å². The summed E-state index contributed by atoms with van der Waals surface area (Å²) in [7, 11) is -1.91. The van der Waals surface area contributed by atoms with Crippen LogP contribution in [0.4, 0.5) is 0 Å². The summed E-state index contributed by atoms with van der Waals surface area (Å²) in [5.74, 6) is 0.166. The molecule has 0 radical (unpaired) electrons. The average molecular weight is 489 g/mol. The summed E-state index contributed by atoms with van der Waals surface area (Å²) in [5.41, 5.74) is 2.03. The van der Waals surface area contributed by atoms with E-state index in [1.54, 1.807) is 0 Å². The maximum Gasteiger partial charge on any atom is 0.255 e. The lowest BCUT2D eigenvalue weighted by Crippen LogP contribution is -2.53. The summed E-state index contributed by atoms with van der Waals surface area (Å²) < 4.78 is 7.91. The summed E-state index contributed by atoms with van der Waals surface area (Å²) in [5, 5.41) is 2.53. The summed E-state index contributed by atoms with van der Waals surface area (Å²) in [4.78, 5) is 15.8. The van der Waals surface area contributed by atoms with Gasteiger partial charge in [0, 0.05) is 10.0 Å². The zero-order chi connectivity index (χ0) is 21.8. The standard InChI is InChI=1S/C25H34BrNO2Si/c1-16-23-18-12-8-7-11-17(18)20(26)15-19(23)24(28)27(16)21-13-9-10-14-22(21)29-30(5,6)25(2,3)4/h7-8,11-12,15-16,21-22H,9-10,13-14H2,1-6H3/t16?,21-,22-/m0/s1. The molecule has 2 aromatic rings. The van der Waals surface area contributed by atoms with E-state index in [1.807, 2.05) is 6.07 Å². The Hall–Kier alpha value is -1.17. The molecule has 1 aliphatic carbocycles. The molecule has 3 nitrogen and oxygen atoms in total. The van der Waals surface area contributed by atoms with E-state index in [0.717, 1.165) is 22.9 Å². The minimum atomic E-state index is -1.91. The quantitative estimate of drug-likeness (QED) is 0.420. The summed E-state index contributed by atoms with van der Waals surface area (Å²) in [6.07, 6.45) is 4.57. The van der Waals surface area contributed by atoms with E-state index in [4.69, 9.17) is 4.43 Å². The van der Waals surface area contributed by atoms with Crippen LogP contribution in [0, 0.1) is 0 Å². The van der Waals surface area contributed by atoms with Crippen molar-refractivity contribution in [3.8, 4) is 0 Å². The monoisotopic (exact) mass is 487 g/mol. The lowest BCUT2D eigenvalue weighted by molar-refractivity contribution is 0.0150. The van der Waals surface area contributed by atoms with E-state index in [2.05, 4.69) is 85.9 Å². The van der Waals surface area contributed by atoms with Crippen molar-refractivity contribution in [2.75, 3.05) is 0 Å². The average Bonchev–Trinajstić information content (AvgIpc) is 2.92. The molecule has 0 saturated heterocycles. The third-order valence-electron chi connectivity index (χ3n) is 7.61. The fraction of sp³-hybridized carbons (Fsp3) is 0.560. The lowest BCUT2D eigenvalue weighted by atomic mass is 9.90. The van der Waals surface area contributed by atoms with Crippen LogP contribution in [0.5, 0.6) is 0 Å². The second-order valence-electron chi connectivity index (χ2n) is 10.5. The van der Waals surface area contributed by atoms with Gasteiger partial charge < -0.3 is 9.33 Å². The minimum Gasteiger partial charge on any atom is -0.412 e. The highest BCUT2D eigenvalue weighted by molar-refractivity contribution is 9.10. The highest BCUT2D eigenvalue weighted by atomic mass is 79.9. The molecule has 162 valence electrons. The molecule has 1 unspecified atom stereocenters. The number of halogens is 1. The van der Waals surface area contributed by atoms with Gasteiger partial charge in [0.2, 0.25) is 0 Å². The van der Waals surface area contributed by atoms with Crippen LogP contribution in [-0.4, -0.2) is 31.3 Å². The van der Waals surface area contributed by atoms with Gasteiger partial charge in [-0.1, -0.05) is 73.8 Å². The molecule has 0 aromatic heterocycles. The van der Waals surface area contributed by atoms with Gasteiger partial charge >= 0.3 is 0 Å². The van der Waals surface area contributed by atoms with Crippen molar-refractivity contribution < 1.29 is 9.22 Å². The normalized spacial score (nSPS) is 25.1. The molecule has 1 fully saturated rings. The number of amides is 1. The van der Waals surface area contributed by atoms with E-state index >= 15 is 0 Å². The highest BCUT2D eigenvalue weighted by Gasteiger charge is 2.46. The molecule has 1 saturated carbocycles. The van der Waals surface area contributed by atoms with Crippen LogP contribution in [-0.2, 0) is 4.43 Å². The van der Waals surface area contributed by atoms with Gasteiger partial charge in [0.25, 0.3) is 5.91 Å². The molecule has 30 heavy (non-hydrogen) atoms. The van der Waals surface area contributed by atoms with E-state index in [9.17, 15) is 4.79 Å². The van der Waals surface area contributed by atoms with Crippen LogP contribution in [0.1, 0.15) is 75.3 Å². The van der Waals surface area contributed by atoms with E-state index in [0.29, 0.717) is 0 Å². The van der Waals surface area contributed by atoms with E-state index in [-0.39, 0.29) is 29.1 Å². The Labute approximate surface area is 190 Å². The van der Waals surface area contributed by atoms with Crippen molar-refractivity contribution in [1.82, 2.24) is 4.90 Å². The van der Waals surface area contributed by atoms with Gasteiger partial charge in [-0.05, 0) is 60.3 Å². The van der Waals surface area contributed by atoms with E-state index in [1.165, 1.54) is 29.2 Å². The van der Waals surface area contributed by atoms with Crippen molar-refractivity contribution in [3.05, 3.63) is 45.9 Å². The van der Waals surface area contributed by atoms with Crippen molar-refractivity contribution >= 4 is 40.9 Å². The van der Waals surface area contributed by atoms with Gasteiger partial charge in [0.1, 0.15) is 0 Å². The molecular formula is C25H34BrNO2Si. The topological polar surface area (TPSA) is 29.5 Å². The zero-order valence-corrected chi connectivity index (χ0v) is 21.7. The molecule has 0 bridgehead atoms. The molecular weight excluding hydrogens is 454 g/mol. The third kappa shape index (κ3) is 3.57. The fourth-order valence-corrected chi connectivity index (χ4v) is 6.92. The molecule has 2 aliphatic rings. The third-order valence-corrected chi connectivity index (χ3v) is 12.8. The number of benzene rings is 2. The van der Waals surface area contributed by atoms with Crippen molar-refractivity contribution in [3.63, 3.8) is 0 Å². The molecule has 3 atom stereocenters. The Balaban J connectivity index is 1.72. The highest BCUT2D eigenvalue weighted by Crippen LogP contribution is 2.46. The van der Waals surface area contributed by atoms with Gasteiger partial charge in [-0.15, -0.1) is 0 Å². The first-order chi connectivity index (χ1) is 14.0. The van der Waals surface area contributed by atoms with Gasteiger partial charge in [0.05, 0.1) is 18.2 Å². The van der Waals surface area contributed by atoms with Crippen molar-refractivity contribution in [2.45, 2.75) is 89.7 Å². The van der Waals surface area contributed by atoms with Crippen LogP contribution in [0.2, 0.25) is 18.1 Å². The Bertz CT molecular complexity index is 981. The van der Waals surface area contributed by atoms with Crippen LogP contribution < -0.4 is 0 Å². The molecule has 5 heteroatoms. The summed E-state index contributed by atoms with van der Waals surface area (Å²) in [6.45, 7) is 13.7. The summed E-state index contributed by atoms with van der Waals surface area (Å²) in [6, 6.07) is 10.7. The van der Waals surface area contributed by atoms with E-state index < -0.39 is 8.32 Å². The molecule has 4 rings (SSSR count). The van der Waals surface area contributed by atoms with Crippen molar-refractivity contribution in [1.29, 1.82) is 0 Å². The second-order valence-corrected chi connectivity index (χ2v) is 16.1. The smallest absolute Gasteiger partial charge is 0.255 e. The Morgan fingerprint density at radius 3 is 2.40 bits per heavy atom. The Morgan fingerprint density at radius 2 is 1.73 bits per heavy atom. The molecule has 2 aromatic carbocycles. The van der Waals surface area contributed by atoms with Gasteiger partial charge in [-0.2, -0.15) is 0 Å². The van der Waals surface area contributed by atoms with Crippen LogP contribution >= 0.6 is 15.9 Å². The maximum absolute atomic E-state index is 13.7. The molecule has 1 aliphatic heterocycles. The Morgan fingerprint density at radius 1 is 1.10 bits per heavy atom. The molecule has 0 spiro atoms. The number of hydrogen-bond donors (Lipinski definition) is 0.